The van der Waals surface area contributed by atoms with Gasteiger partial charge < -0.3 is 14.8 Å². The highest BCUT2D eigenvalue weighted by Crippen LogP contribution is 2.24. The van der Waals surface area contributed by atoms with Crippen molar-refractivity contribution in [3.8, 4) is 5.75 Å². The lowest BCUT2D eigenvalue weighted by atomic mass is 9.94. The smallest absolute Gasteiger partial charge is 0.323 e. The molecule has 1 N–H and O–H groups in total. The SMILES string of the molecule is COC(=O)[C@@H]1Cc2ccccc2CN1CC(=O)NCc1ccccc1OC. The maximum absolute atomic E-state index is 12.5. The molecule has 2 aromatic rings. The second-order valence-corrected chi connectivity index (χ2v) is 6.51. The highest BCUT2D eigenvalue weighted by Gasteiger charge is 2.33. The van der Waals surface area contributed by atoms with Crippen LogP contribution in [-0.4, -0.2) is 43.6 Å². The third kappa shape index (κ3) is 4.46. The molecule has 1 aliphatic rings. The fourth-order valence-electron chi connectivity index (χ4n) is 3.39. The molecule has 0 saturated carbocycles. The summed E-state index contributed by atoms with van der Waals surface area (Å²) in [6.45, 7) is 1.04. The summed E-state index contributed by atoms with van der Waals surface area (Å²) in [5.74, 6) is 0.272. The van der Waals surface area contributed by atoms with E-state index >= 15 is 0 Å². The highest BCUT2D eigenvalue weighted by atomic mass is 16.5. The van der Waals surface area contributed by atoms with E-state index in [1.807, 2.05) is 53.4 Å². The van der Waals surface area contributed by atoms with Crippen LogP contribution in [0.15, 0.2) is 48.5 Å². The summed E-state index contributed by atoms with van der Waals surface area (Å²) >= 11 is 0. The molecule has 0 saturated heterocycles. The average Bonchev–Trinajstić information content (AvgIpc) is 2.71. The molecule has 0 radical (unpaired) electrons. The van der Waals surface area contributed by atoms with E-state index in [1.165, 1.54) is 7.11 Å². The van der Waals surface area contributed by atoms with Gasteiger partial charge in [-0.15, -0.1) is 0 Å². The van der Waals surface area contributed by atoms with Crippen LogP contribution in [0.2, 0.25) is 0 Å². The lowest BCUT2D eigenvalue weighted by Gasteiger charge is -2.34. The molecular weight excluding hydrogens is 344 g/mol. The maximum Gasteiger partial charge on any atom is 0.323 e. The van der Waals surface area contributed by atoms with Crippen LogP contribution in [0.25, 0.3) is 0 Å². The third-order valence-electron chi connectivity index (χ3n) is 4.83. The number of benzene rings is 2. The van der Waals surface area contributed by atoms with Gasteiger partial charge in [-0.25, -0.2) is 0 Å². The normalized spacial score (nSPS) is 16.3. The van der Waals surface area contributed by atoms with Crippen LogP contribution in [0, 0.1) is 0 Å². The molecule has 0 fully saturated rings. The summed E-state index contributed by atoms with van der Waals surface area (Å²) in [6.07, 6.45) is 0.544. The number of hydrogen-bond donors (Lipinski definition) is 1. The summed E-state index contributed by atoms with van der Waals surface area (Å²) in [7, 11) is 2.98. The van der Waals surface area contributed by atoms with Gasteiger partial charge in [-0.2, -0.15) is 0 Å². The topological polar surface area (TPSA) is 67.9 Å². The van der Waals surface area contributed by atoms with E-state index in [0.717, 1.165) is 22.4 Å². The van der Waals surface area contributed by atoms with Crippen molar-refractivity contribution in [1.82, 2.24) is 10.2 Å². The minimum absolute atomic E-state index is 0.128. The molecule has 0 unspecified atom stereocenters. The average molecular weight is 368 g/mol. The molecule has 1 amide bonds. The summed E-state index contributed by atoms with van der Waals surface area (Å²) < 4.78 is 10.3. The minimum Gasteiger partial charge on any atom is -0.496 e. The van der Waals surface area contributed by atoms with Crippen molar-refractivity contribution in [2.75, 3.05) is 20.8 Å². The lowest BCUT2D eigenvalue weighted by Crippen LogP contribution is -2.49. The lowest BCUT2D eigenvalue weighted by molar-refractivity contribution is -0.148. The van der Waals surface area contributed by atoms with E-state index in [-0.39, 0.29) is 18.4 Å². The molecule has 142 valence electrons. The summed E-state index contributed by atoms with van der Waals surface area (Å²) in [4.78, 5) is 26.6. The number of ether oxygens (including phenoxy) is 2. The number of esters is 1. The van der Waals surface area contributed by atoms with Crippen LogP contribution >= 0.6 is 0 Å². The fourth-order valence-corrected chi connectivity index (χ4v) is 3.39. The van der Waals surface area contributed by atoms with Gasteiger partial charge in [-0.1, -0.05) is 42.5 Å². The number of nitrogens with zero attached hydrogens (tertiary/aromatic N) is 1. The van der Waals surface area contributed by atoms with Gasteiger partial charge in [0.2, 0.25) is 5.91 Å². The van der Waals surface area contributed by atoms with Crippen LogP contribution in [-0.2, 0) is 33.8 Å². The fraction of sp³-hybridized carbons (Fsp3) is 0.333. The zero-order valence-electron chi connectivity index (χ0n) is 15.6. The Hall–Kier alpha value is -2.86. The van der Waals surface area contributed by atoms with Gasteiger partial charge >= 0.3 is 5.97 Å². The maximum atomic E-state index is 12.5. The molecule has 0 aromatic heterocycles. The molecule has 6 nitrogen and oxygen atoms in total. The van der Waals surface area contributed by atoms with Crippen LogP contribution < -0.4 is 10.1 Å². The number of rotatable bonds is 6. The van der Waals surface area contributed by atoms with Crippen molar-refractivity contribution < 1.29 is 19.1 Å². The number of carbonyl (C=O) groups is 2. The quantitative estimate of drug-likeness (QED) is 0.789. The van der Waals surface area contributed by atoms with Crippen molar-refractivity contribution in [3.05, 3.63) is 65.2 Å². The number of carbonyl (C=O) groups excluding carboxylic acids is 2. The third-order valence-corrected chi connectivity index (χ3v) is 4.83. The molecule has 6 heteroatoms. The summed E-state index contributed by atoms with van der Waals surface area (Å²) in [5, 5.41) is 2.91. The molecule has 27 heavy (non-hydrogen) atoms. The van der Waals surface area contributed by atoms with Gasteiger partial charge in [0.05, 0.1) is 20.8 Å². The summed E-state index contributed by atoms with van der Waals surface area (Å²) in [6, 6.07) is 15.1. The first-order chi connectivity index (χ1) is 13.1. The van der Waals surface area contributed by atoms with Gasteiger partial charge in [0.25, 0.3) is 0 Å². The number of fused-ring (bicyclic) bond motifs is 1. The standard InChI is InChI=1S/C21H24N2O4/c1-26-19-10-6-5-8-16(19)12-22-20(24)14-23-13-17-9-4-3-7-15(17)11-18(23)21(25)27-2/h3-10,18H,11-14H2,1-2H3,(H,22,24)/t18-/m0/s1. The highest BCUT2D eigenvalue weighted by molar-refractivity contribution is 5.81. The number of hydrogen-bond acceptors (Lipinski definition) is 5. The van der Waals surface area contributed by atoms with E-state index in [2.05, 4.69) is 5.32 Å². The zero-order valence-corrected chi connectivity index (χ0v) is 15.6. The molecular formula is C21H24N2O4. The summed E-state index contributed by atoms with van der Waals surface area (Å²) in [5.41, 5.74) is 3.16. The predicted octanol–water partition coefficient (Wildman–Crippen LogP) is 1.91. The van der Waals surface area contributed by atoms with E-state index in [1.54, 1.807) is 7.11 Å². The molecule has 0 bridgehead atoms. The largest absolute Gasteiger partial charge is 0.496 e. The van der Waals surface area contributed by atoms with Crippen molar-refractivity contribution in [1.29, 1.82) is 0 Å². The number of nitrogens with one attached hydrogen (secondary N) is 1. The van der Waals surface area contributed by atoms with Gasteiger partial charge in [0, 0.05) is 18.7 Å². The molecule has 2 aromatic carbocycles. The molecule has 3 rings (SSSR count). The number of amides is 1. The van der Waals surface area contributed by atoms with Gasteiger partial charge in [0.15, 0.2) is 0 Å². The van der Waals surface area contributed by atoms with Gasteiger partial charge in [-0.3, -0.25) is 14.5 Å². The Kier molecular flexibility index (Phi) is 6.08. The first-order valence-electron chi connectivity index (χ1n) is 8.89. The van der Waals surface area contributed by atoms with Crippen LogP contribution in [0.1, 0.15) is 16.7 Å². The van der Waals surface area contributed by atoms with Crippen LogP contribution in [0.5, 0.6) is 5.75 Å². The van der Waals surface area contributed by atoms with Crippen LogP contribution in [0.3, 0.4) is 0 Å². The molecule has 1 aliphatic heterocycles. The second-order valence-electron chi connectivity index (χ2n) is 6.51. The Labute approximate surface area is 159 Å². The molecule has 1 heterocycles. The van der Waals surface area contributed by atoms with Crippen molar-refractivity contribution >= 4 is 11.9 Å². The first-order valence-corrected chi connectivity index (χ1v) is 8.89. The second kappa shape index (κ2) is 8.68. The minimum atomic E-state index is -0.457. The van der Waals surface area contributed by atoms with E-state index in [0.29, 0.717) is 19.5 Å². The Morgan fingerprint density at radius 3 is 2.52 bits per heavy atom. The molecule has 1 atom stereocenters. The Bertz CT molecular complexity index is 821. The monoisotopic (exact) mass is 368 g/mol. The number of para-hydroxylation sites is 1. The molecule has 0 aliphatic carbocycles. The van der Waals surface area contributed by atoms with Crippen molar-refractivity contribution in [2.45, 2.75) is 25.6 Å². The molecule has 0 spiro atoms. The predicted molar refractivity (Wildman–Crippen MR) is 101 cm³/mol. The van der Waals surface area contributed by atoms with E-state index < -0.39 is 6.04 Å². The Balaban J connectivity index is 1.67. The van der Waals surface area contributed by atoms with Crippen molar-refractivity contribution in [3.63, 3.8) is 0 Å². The first kappa shape index (κ1) is 18.9. The Morgan fingerprint density at radius 2 is 1.78 bits per heavy atom. The zero-order chi connectivity index (χ0) is 19.2. The van der Waals surface area contributed by atoms with Crippen molar-refractivity contribution in [2.24, 2.45) is 0 Å². The van der Waals surface area contributed by atoms with E-state index in [9.17, 15) is 9.59 Å². The van der Waals surface area contributed by atoms with E-state index in [4.69, 9.17) is 9.47 Å². The Morgan fingerprint density at radius 1 is 1.07 bits per heavy atom. The van der Waals surface area contributed by atoms with Crippen LogP contribution in [0.4, 0.5) is 0 Å². The van der Waals surface area contributed by atoms with Gasteiger partial charge in [0.1, 0.15) is 11.8 Å². The van der Waals surface area contributed by atoms with Gasteiger partial charge in [-0.05, 0) is 23.6 Å². The number of methoxy groups -OCH3 is 2.